The van der Waals surface area contributed by atoms with Crippen molar-refractivity contribution in [1.29, 1.82) is 0 Å². The van der Waals surface area contributed by atoms with Gasteiger partial charge in [-0.2, -0.15) is 0 Å². The van der Waals surface area contributed by atoms with Crippen LogP contribution in [0.1, 0.15) is 52.2 Å². The predicted molar refractivity (Wildman–Crippen MR) is 98.3 cm³/mol. The van der Waals surface area contributed by atoms with Gasteiger partial charge in [0.2, 0.25) is 0 Å². The van der Waals surface area contributed by atoms with E-state index in [-0.39, 0.29) is 36.8 Å². The van der Waals surface area contributed by atoms with Crippen molar-refractivity contribution in [2.24, 2.45) is 0 Å². The molecule has 0 saturated heterocycles. The molecule has 7 heteroatoms. The van der Waals surface area contributed by atoms with E-state index >= 15 is 0 Å². The van der Waals surface area contributed by atoms with Crippen LogP contribution in [0.5, 0.6) is 0 Å². The third kappa shape index (κ3) is 3.91. The van der Waals surface area contributed by atoms with Crippen LogP contribution in [0, 0.1) is 0 Å². The Kier molecular flexibility index (Phi) is 6.27. The number of rotatable bonds is 4. The van der Waals surface area contributed by atoms with Crippen LogP contribution in [0.25, 0.3) is 0 Å². The normalized spacial score (nSPS) is 18.8. The molecule has 1 fully saturated rings. The second kappa shape index (κ2) is 8.01. The molecule has 1 aliphatic heterocycles. The molecule has 1 amide bonds. The number of H-pyrrole nitrogens is 1. The average Bonchev–Trinajstić information content (AvgIpc) is 3.29. The molecule has 1 saturated carbocycles. The number of carbonyl (C=O) groups is 1. The summed E-state index contributed by atoms with van der Waals surface area (Å²) in [6.07, 6.45) is 5.05. The van der Waals surface area contributed by atoms with E-state index in [1.807, 2.05) is 0 Å². The van der Waals surface area contributed by atoms with E-state index in [4.69, 9.17) is 0 Å². The van der Waals surface area contributed by atoms with Crippen LogP contribution in [0.15, 0.2) is 30.5 Å². The Morgan fingerprint density at radius 1 is 1.25 bits per heavy atom. The molecule has 0 radical (unpaired) electrons. The number of hydrogen-bond acceptors (Lipinski definition) is 3. The lowest BCUT2D eigenvalue weighted by molar-refractivity contribution is 0.0944. The fraction of sp³-hybridized carbons (Fsp3) is 0.412. The Bertz CT molecular complexity index is 699. The van der Waals surface area contributed by atoms with Gasteiger partial charge in [-0.15, -0.1) is 24.8 Å². The maximum Gasteiger partial charge on any atom is 0.269 e. The van der Waals surface area contributed by atoms with Crippen LogP contribution in [0.2, 0.25) is 0 Å². The van der Waals surface area contributed by atoms with Crippen molar-refractivity contribution in [3.63, 3.8) is 0 Å². The minimum absolute atomic E-state index is 0. The minimum atomic E-state index is -0.0794. The highest BCUT2D eigenvalue weighted by molar-refractivity contribution is 5.92. The average molecular weight is 369 g/mol. The van der Waals surface area contributed by atoms with E-state index in [0.717, 1.165) is 18.8 Å². The van der Waals surface area contributed by atoms with Gasteiger partial charge in [-0.3, -0.25) is 4.79 Å². The number of fused-ring (bicyclic) bond motifs is 1. The van der Waals surface area contributed by atoms with Crippen LogP contribution in [-0.4, -0.2) is 29.0 Å². The van der Waals surface area contributed by atoms with Gasteiger partial charge in [0.15, 0.2) is 0 Å². The number of aromatic nitrogens is 2. The number of benzene rings is 1. The zero-order valence-electron chi connectivity index (χ0n) is 13.2. The first-order chi connectivity index (χ1) is 10.8. The van der Waals surface area contributed by atoms with Crippen molar-refractivity contribution in [2.75, 3.05) is 13.1 Å². The van der Waals surface area contributed by atoms with Gasteiger partial charge in [0.05, 0.1) is 6.20 Å². The lowest BCUT2D eigenvalue weighted by atomic mass is 9.94. The summed E-state index contributed by atoms with van der Waals surface area (Å²) in [6, 6.07) is 8.61. The van der Waals surface area contributed by atoms with Crippen molar-refractivity contribution < 1.29 is 4.79 Å². The van der Waals surface area contributed by atoms with Crippen LogP contribution >= 0.6 is 24.8 Å². The van der Waals surface area contributed by atoms with Crippen LogP contribution in [0.4, 0.5) is 0 Å². The standard InChI is InChI=1S/C17H20N4O.2ClH/c22-17(15-10-19-16(21-15)12-5-6-12)20-9-14-13-4-2-1-3-11(13)7-8-18-14;;/h1-4,10,12,14,18H,5-9H2,(H,19,21)(H,20,22);2*1H. The number of imidazole rings is 1. The summed E-state index contributed by atoms with van der Waals surface area (Å²) in [5, 5.41) is 6.48. The molecule has 1 atom stereocenters. The number of hydrogen-bond donors (Lipinski definition) is 3. The Balaban J connectivity index is 0.00000104. The van der Waals surface area contributed by atoms with Crippen LogP contribution in [0.3, 0.4) is 0 Å². The zero-order chi connectivity index (χ0) is 14.9. The molecule has 2 heterocycles. The molecular formula is C17H22Cl2N4O. The number of nitrogens with one attached hydrogen (secondary N) is 3. The molecule has 130 valence electrons. The molecule has 1 aromatic carbocycles. The highest BCUT2D eigenvalue weighted by Crippen LogP contribution is 2.38. The molecule has 3 N–H and O–H groups in total. The quantitative estimate of drug-likeness (QED) is 0.776. The van der Waals surface area contributed by atoms with Gasteiger partial charge in [0.25, 0.3) is 5.91 Å². The molecule has 2 aliphatic rings. The van der Waals surface area contributed by atoms with E-state index in [1.165, 1.54) is 24.0 Å². The zero-order valence-corrected chi connectivity index (χ0v) is 14.9. The van der Waals surface area contributed by atoms with Crippen LogP contribution < -0.4 is 10.6 Å². The summed E-state index contributed by atoms with van der Waals surface area (Å²) in [4.78, 5) is 19.7. The molecule has 0 bridgehead atoms. The second-order valence-corrected chi connectivity index (χ2v) is 6.12. The summed E-state index contributed by atoms with van der Waals surface area (Å²) in [5.74, 6) is 1.41. The maximum atomic E-state index is 12.2. The summed E-state index contributed by atoms with van der Waals surface area (Å²) >= 11 is 0. The number of carbonyl (C=O) groups excluding carboxylic acids is 1. The lowest BCUT2D eigenvalue weighted by Gasteiger charge is -2.27. The van der Waals surface area contributed by atoms with Crippen molar-refractivity contribution in [3.05, 3.63) is 53.1 Å². The van der Waals surface area contributed by atoms with Crippen LogP contribution in [-0.2, 0) is 6.42 Å². The molecular weight excluding hydrogens is 347 g/mol. The number of amides is 1. The predicted octanol–water partition coefficient (Wildman–Crippen LogP) is 2.75. The van der Waals surface area contributed by atoms with Gasteiger partial charge < -0.3 is 15.6 Å². The van der Waals surface area contributed by atoms with Crippen molar-refractivity contribution in [1.82, 2.24) is 20.6 Å². The van der Waals surface area contributed by atoms with E-state index in [0.29, 0.717) is 18.2 Å². The first-order valence-electron chi connectivity index (χ1n) is 7.95. The highest BCUT2D eigenvalue weighted by Gasteiger charge is 2.27. The Labute approximate surface area is 153 Å². The molecule has 2 aromatic rings. The Hall–Kier alpha value is -1.56. The van der Waals surface area contributed by atoms with E-state index in [1.54, 1.807) is 6.20 Å². The van der Waals surface area contributed by atoms with Gasteiger partial charge in [0, 0.05) is 18.5 Å². The molecule has 1 unspecified atom stereocenters. The third-order valence-corrected chi connectivity index (χ3v) is 4.49. The van der Waals surface area contributed by atoms with Gasteiger partial charge in [-0.05, 0) is 36.9 Å². The molecule has 4 rings (SSSR count). The van der Waals surface area contributed by atoms with Gasteiger partial charge in [0.1, 0.15) is 11.5 Å². The topological polar surface area (TPSA) is 69.8 Å². The van der Waals surface area contributed by atoms with Gasteiger partial charge >= 0.3 is 0 Å². The fourth-order valence-electron chi connectivity index (χ4n) is 3.08. The second-order valence-electron chi connectivity index (χ2n) is 6.12. The SMILES string of the molecule is Cl.Cl.O=C(NCC1NCCc2ccccc21)c1cnc(C2CC2)[nH]1. The lowest BCUT2D eigenvalue weighted by Crippen LogP contribution is -2.38. The molecule has 1 aromatic heterocycles. The monoisotopic (exact) mass is 368 g/mol. The molecule has 5 nitrogen and oxygen atoms in total. The van der Waals surface area contributed by atoms with E-state index in [9.17, 15) is 4.79 Å². The van der Waals surface area contributed by atoms with Gasteiger partial charge in [-0.1, -0.05) is 24.3 Å². The maximum absolute atomic E-state index is 12.2. The third-order valence-electron chi connectivity index (χ3n) is 4.49. The molecule has 24 heavy (non-hydrogen) atoms. The number of halogens is 2. The summed E-state index contributed by atoms with van der Waals surface area (Å²) in [6.45, 7) is 1.54. The first-order valence-corrected chi connectivity index (χ1v) is 7.95. The largest absolute Gasteiger partial charge is 0.349 e. The Morgan fingerprint density at radius 3 is 2.83 bits per heavy atom. The fourth-order valence-corrected chi connectivity index (χ4v) is 3.08. The molecule has 0 spiro atoms. The smallest absolute Gasteiger partial charge is 0.269 e. The van der Waals surface area contributed by atoms with Gasteiger partial charge in [-0.25, -0.2) is 4.98 Å². The first kappa shape index (κ1) is 18.8. The van der Waals surface area contributed by atoms with Crippen molar-refractivity contribution in [3.8, 4) is 0 Å². The number of aromatic amines is 1. The highest BCUT2D eigenvalue weighted by atomic mass is 35.5. The number of nitrogens with zero attached hydrogens (tertiary/aromatic N) is 1. The summed E-state index contributed by atoms with van der Waals surface area (Å²) < 4.78 is 0. The van der Waals surface area contributed by atoms with E-state index in [2.05, 4.69) is 44.9 Å². The van der Waals surface area contributed by atoms with Crippen molar-refractivity contribution in [2.45, 2.75) is 31.2 Å². The van der Waals surface area contributed by atoms with Crippen molar-refractivity contribution >= 4 is 30.7 Å². The summed E-state index contributed by atoms with van der Waals surface area (Å²) in [7, 11) is 0. The minimum Gasteiger partial charge on any atom is -0.349 e. The molecule has 1 aliphatic carbocycles. The summed E-state index contributed by atoms with van der Waals surface area (Å²) in [5.41, 5.74) is 3.22. The Morgan fingerprint density at radius 2 is 2.04 bits per heavy atom. The van der Waals surface area contributed by atoms with E-state index < -0.39 is 0 Å².